The summed E-state index contributed by atoms with van der Waals surface area (Å²) in [7, 11) is 0. The Bertz CT molecular complexity index is 1050. The van der Waals surface area contributed by atoms with Crippen molar-refractivity contribution >= 4 is 28.5 Å². The van der Waals surface area contributed by atoms with Crippen LogP contribution in [-0.2, 0) is 11.2 Å². The Hall–Kier alpha value is -2.86. The first-order valence-electron chi connectivity index (χ1n) is 8.31. The molecule has 27 heavy (non-hydrogen) atoms. The molecule has 0 bridgehead atoms. The standard InChI is InChI=1S/C20H17ClFNO4/c1-12-8-20(25)27-17-10-18(15(21)9-14(12)17)26-11-19(24)23-7-6-13-4-2-3-5-16(13)22/h2-5,8-10H,6-7,11H2,1H3,(H,23,24). The lowest BCUT2D eigenvalue weighted by Gasteiger charge is -2.10. The average Bonchev–Trinajstić information content (AvgIpc) is 2.62. The van der Waals surface area contributed by atoms with Gasteiger partial charge in [0.05, 0.1) is 5.02 Å². The Labute approximate surface area is 159 Å². The van der Waals surface area contributed by atoms with E-state index >= 15 is 0 Å². The molecule has 0 saturated heterocycles. The molecule has 0 aliphatic heterocycles. The van der Waals surface area contributed by atoms with Crippen molar-refractivity contribution in [1.29, 1.82) is 0 Å². The van der Waals surface area contributed by atoms with Crippen LogP contribution in [0.5, 0.6) is 5.75 Å². The Kier molecular flexibility index (Phi) is 5.76. The number of amides is 1. The maximum Gasteiger partial charge on any atom is 0.336 e. The first-order chi connectivity index (χ1) is 12.9. The van der Waals surface area contributed by atoms with Gasteiger partial charge >= 0.3 is 5.63 Å². The van der Waals surface area contributed by atoms with E-state index in [1.54, 1.807) is 31.2 Å². The van der Waals surface area contributed by atoms with E-state index < -0.39 is 5.63 Å². The summed E-state index contributed by atoms with van der Waals surface area (Å²) in [5.41, 5.74) is 1.13. The van der Waals surface area contributed by atoms with Gasteiger partial charge in [-0.1, -0.05) is 29.8 Å². The van der Waals surface area contributed by atoms with Crippen molar-refractivity contribution in [2.75, 3.05) is 13.2 Å². The fourth-order valence-corrected chi connectivity index (χ4v) is 2.88. The topological polar surface area (TPSA) is 68.5 Å². The molecule has 3 aromatic rings. The molecule has 3 rings (SSSR count). The molecule has 140 valence electrons. The quantitative estimate of drug-likeness (QED) is 0.654. The van der Waals surface area contributed by atoms with Crippen LogP contribution in [0, 0.1) is 12.7 Å². The Morgan fingerprint density at radius 1 is 1.26 bits per heavy atom. The number of fused-ring (bicyclic) bond motifs is 1. The van der Waals surface area contributed by atoms with Crippen LogP contribution in [0.15, 0.2) is 51.7 Å². The second-order valence-corrected chi connectivity index (χ2v) is 6.41. The van der Waals surface area contributed by atoms with Crippen LogP contribution < -0.4 is 15.7 Å². The molecule has 1 heterocycles. The third-order valence-electron chi connectivity index (χ3n) is 4.04. The third-order valence-corrected chi connectivity index (χ3v) is 4.33. The maximum absolute atomic E-state index is 13.5. The predicted octanol–water partition coefficient (Wildman–Crippen LogP) is 3.63. The van der Waals surface area contributed by atoms with Gasteiger partial charge in [-0.25, -0.2) is 9.18 Å². The molecule has 0 fully saturated rings. The number of carbonyl (C=O) groups is 1. The number of carbonyl (C=O) groups excluding carboxylic acids is 1. The van der Waals surface area contributed by atoms with Crippen LogP contribution in [-0.4, -0.2) is 19.1 Å². The van der Waals surface area contributed by atoms with E-state index in [1.165, 1.54) is 18.2 Å². The highest BCUT2D eigenvalue weighted by Crippen LogP contribution is 2.30. The van der Waals surface area contributed by atoms with Gasteiger partial charge in [0, 0.05) is 24.1 Å². The van der Waals surface area contributed by atoms with Gasteiger partial charge in [0.1, 0.15) is 17.1 Å². The molecular weight excluding hydrogens is 373 g/mol. The molecule has 1 aromatic heterocycles. The fraction of sp³-hybridized carbons (Fsp3) is 0.200. The summed E-state index contributed by atoms with van der Waals surface area (Å²) in [4.78, 5) is 23.4. The predicted molar refractivity (Wildman–Crippen MR) is 101 cm³/mol. The number of aryl methyl sites for hydroxylation is 1. The highest BCUT2D eigenvalue weighted by molar-refractivity contribution is 6.32. The minimum absolute atomic E-state index is 0.238. The largest absolute Gasteiger partial charge is 0.482 e. The van der Waals surface area contributed by atoms with E-state index in [1.807, 2.05) is 0 Å². The van der Waals surface area contributed by atoms with Crippen molar-refractivity contribution in [3.05, 3.63) is 74.9 Å². The first-order valence-corrected chi connectivity index (χ1v) is 8.69. The van der Waals surface area contributed by atoms with Crippen LogP contribution in [0.25, 0.3) is 11.0 Å². The molecule has 0 aliphatic carbocycles. The van der Waals surface area contributed by atoms with Crippen molar-refractivity contribution in [1.82, 2.24) is 5.32 Å². The number of halogens is 2. The van der Waals surface area contributed by atoms with Gasteiger partial charge < -0.3 is 14.5 Å². The molecular formula is C20H17ClFNO4. The van der Waals surface area contributed by atoms with E-state index in [9.17, 15) is 14.0 Å². The van der Waals surface area contributed by atoms with Crippen molar-refractivity contribution in [2.45, 2.75) is 13.3 Å². The summed E-state index contributed by atoms with van der Waals surface area (Å²) in [6.45, 7) is 1.79. The molecule has 1 N–H and O–H groups in total. The zero-order valence-corrected chi connectivity index (χ0v) is 15.3. The second-order valence-electron chi connectivity index (χ2n) is 6.01. The van der Waals surface area contributed by atoms with Gasteiger partial charge in [-0.2, -0.15) is 0 Å². The molecule has 1 amide bonds. The normalized spacial score (nSPS) is 10.8. The summed E-state index contributed by atoms with van der Waals surface area (Å²) in [5, 5.41) is 3.66. The number of hydrogen-bond acceptors (Lipinski definition) is 4. The zero-order valence-electron chi connectivity index (χ0n) is 14.6. The molecule has 0 spiro atoms. The van der Waals surface area contributed by atoms with Crippen molar-refractivity contribution in [3.8, 4) is 5.75 Å². The summed E-state index contributed by atoms with van der Waals surface area (Å²) in [6.07, 6.45) is 0.375. The van der Waals surface area contributed by atoms with Crippen molar-refractivity contribution < 1.29 is 18.3 Å². The first kappa shape index (κ1) is 18.9. The molecule has 2 aromatic carbocycles. The van der Waals surface area contributed by atoms with E-state index in [0.717, 1.165) is 5.56 Å². The zero-order chi connectivity index (χ0) is 19.4. The smallest absolute Gasteiger partial charge is 0.336 e. The SMILES string of the molecule is Cc1cc(=O)oc2cc(OCC(=O)NCCc3ccccc3F)c(Cl)cc12. The number of ether oxygens (including phenoxy) is 1. The van der Waals surface area contributed by atoms with Gasteiger partial charge in [-0.15, -0.1) is 0 Å². The van der Waals surface area contributed by atoms with Gasteiger partial charge in [-0.05, 0) is 36.6 Å². The number of hydrogen-bond donors (Lipinski definition) is 1. The molecule has 0 unspecified atom stereocenters. The molecule has 7 heteroatoms. The Morgan fingerprint density at radius 2 is 2.04 bits per heavy atom. The molecule has 0 radical (unpaired) electrons. The summed E-state index contributed by atoms with van der Waals surface area (Å²) in [6, 6.07) is 10.9. The molecule has 0 saturated carbocycles. The Balaban J connectivity index is 1.59. The lowest BCUT2D eigenvalue weighted by Crippen LogP contribution is -2.30. The van der Waals surface area contributed by atoms with Crippen LogP contribution in [0.1, 0.15) is 11.1 Å². The number of nitrogens with one attached hydrogen (secondary N) is 1. The number of benzene rings is 2. The summed E-state index contributed by atoms with van der Waals surface area (Å²) < 4.78 is 24.1. The highest BCUT2D eigenvalue weighted by atomic mass is 35.5. The monoisotopic (exact) mass is 389 g/mol. The average molecular weight is 390 g/mol. The van der Waals surface area contributed by atoms with Gasteiger partial charge in [0.15, 0.2) is 6.61 Å². The van der Waals surface area contributed by atoms with E-state index in [0.29, 0.717) is 28.0 Å². The maximum atomic E-state index is 13.5. The summed E-state index contributed by atoms with van der Waals surface area (Å²) >= 11 is 6.18. The summed E-state index contributed by atoms with van der Waals surface area (Å²) in [5.74, 6) is -0.432. The molecule has 0 atom stereocenters. The van der Waals surface area contributed by atoms with E-state index in [-0.39, 0.29) is 30.6 Å². The minimum atomic E-state index is -0.473. The third kappa shape index (κ3) is 4.65. The molecule has 5 nitrogen and oxygen atoms in total. The van der Waals surface area contributed by atoms with Crippen molar-refractivity contribution in [2.24, 2.45) is 0 Å². The Morgan fingerprint density at radius 3 is 2.81 bits per heavy atom. The fourth-order valence-electron chi connectivity index (χ4n) is 2.66. The van der Waals surface area contributed by atoms with Crippen LogP contribution in [0.2, 0.25) is 5.02 Å². The van der Waals surface area contributed by atoms with Crippen molar-refractivity contribution in [3.63, 3.8) is 0 Å². The van der Waals surface area contributed by atoms with Gasteiger partial charge in [-0.3, -0.25) is 4.79 Å². The number of rotatable bonds is 6. The van der Waals surface area contributed by atoms with Crippen LogP contribution in [0.3, 0.4) is 0 Å². The lowest BCUT2D eigenvalue weighted by molar-refractivity contribution is -0.123. The van der Waals surface area contributed by atoms with Gasteiger partial charge in [0.2, 0.25) is 0 Å². The van der Waals surface area contributed by atoms with E-state index in [4.69, 9.17) is 20.8 Å². The lowest BCUT2D eigenvalue weighted by atomic mass is 10.1. The van der Waals surface area contributed by atoms with Crippen LogP contribution >= 0.6 is 11.6 Å². The minimum Gasteiger partial charge on any atom is -0.482 e. The van der Waals surface area contributed by atoms with Gasteiger partial charge in [0.25, 0.3) is 5.91 Å². The highest BCUT2D eigenvalue weighted by Gasteiger charge is 2.11. The molecule has 0 aliphatic rings. The van der Waals surface area contributed by atoms with Crippen LogP contribution in [0.4, 0.5) is 4.39 Å². The second kappa shape index (κ2) is 8.22. The van der Waals surface area contributed by atoms with E-state index in [2.05, 4.69) is 5.32 Å².